The van der Waals surface area contributed by atoms with Gasteiger partial charge in [0.1, 0.15) is 0 Å². The molecule has 1 saturated heterocycles. The molecule has 0 aliphatic carbocycles. The van der Waals surface area contributed by atoms with Crippen LogP contribution in [0.25, 0.3) is 0 Å². The SMILES string of the molecule is CCC1(C)CN(C(=O)NCCCc2c(C)nn(C)c2C)CCO1. The monoisotopic (exact) mass is 322 g/mol. The second-order valence-corrected chi connectivity index (χ2v) is 6.68. The lowest BCUT2D eigenvalue weighted by atomic mass is 10.0. The van der Waals surface area contributed by atoms with Crippen molar-refractivity contribution in [2.75, 3.05) is 26.2 Å². The van der Waals surface area contributed by atoms with Crippen LogP contribution < -0.4 is 5.32 Å². The summed E-state index contributed by atoms with van der Waals surface area (Å²) < 4.78 is 7.70. The van der Waals surface area contributed by atoms with Crippen LogP contribution in [0.3, 0.4) is 0 Å². The van der Waals surface area contributed by atoms with Crippen LogP contribution in [0.15, 0.2) is 0 Å². The normalized spacial score (nSPS) is 21.5. The summed E-state index contributed by atoms with van der Waals surface area (Å²) in [7, 11) is 1.97. The number of nitrogens with zero attached hydrogens (tertiary/aromatic N) is 3. The predicted octanol–water partition coefficient (Wildman–Crippen LogP) is 2.18. The molecule has 1 N–H and O–H groups in total. The summed E-state index contributed by atoms with van der Waals surface area (Å²) in [5.41, 5.74) is 3.38. The van der Waals surface area contributed by atoms with E-state index in [1.165, 1.54) is 11.3 Å². The quantitative estimate of drug-likeness (QED) is 0.845. The van der Waals surface area contributed by atoms with Crippen molar-refractivity contribution in [3.63, 3.8) is 0 Å². The summed E-state index contributed by atoms with van der Waals surface area (Å²) in [4.78, 5) is 14.2. The molecule has 1 aromatic heterocycles. The number of aryl methyl sites for hydroxylation is 2. The fourth-order valence-corrected chi connectivity index (χ4v) is 3.07. The Hall–Kier alpha value is -1.56. The second-order valence-electron chi connectivity index (χ2n) is 6.68. The zero-order valence-corrected chi connectivity index (χ0v) is 15.1. The molecule has 0 aromatic carbocycles. The van der Waals surface area contributed by atoms with Crippen LogP contribution in [-0.2, 0) is 18.2 Å². The van der Waals surface area contributed by atoms with Gasteiger partial charge in [0, 0.05) is 25.8 Å². The van der Waals surface area contributed by atoms with Crippen LogP contribution in [0, 0.1) is 13.8 Å². The highest BCUT2D eigenvalue weighted by molar-refractivity contribution is 5.74. The lowest BCUT2D eigenvalue weighted by Gasteiger charge is -2.39. The van der Waals surface area contributed by atoms with E-state index in [-0.39, 0.29) is 11.6 Å². The number of morpholine rings is 1. The third kappa shape index (κ3) is 4.25. The Morgan fingerprint density at radius 1 is 1.43 bits per heavy atom. The third-order valence-corrected chi connectivity index (χ3v) is 4.91. The van der Waals surface area contributed by atoms with E-state index in [1.54, 1.807) is 0 Å². The van der Waals surface area contributed by atoms with Crippen LogP contribution in [0.2, 0.25) is 0 Å². The van der Waals surface area contributed by atoms with Crippen molar-refractivity contribution in [2.45, 2.75) is 52.6 Å². The number of carbonyl (C=O) groups excluding carboxylic acids is 1. The number of ether oxygens (including phenoxy) is 1. The molecule has 1 aromatic rings. The Morgan fingerprint density at radius 2 is 2.17 bits per heavy atom. The first kappa shape index (κ1) is 17.8. The molecular formula is C17H30N4O2. The number of hydrogen-bond donors (Lipinski definition) is 1. The number of aromatic nitrogens is 2. The van der Waals surface area contributed by atoms with Gasteiger partial charge in [-0.3, -0.25) is 4.68 Å². The van der Waals surface area contributed by atoms with E-state index in [0.717, 1.165) is 25.0 Å². The Labute approximate surface area is 139 Å². The Bertz CT molecular complexity index is 555. The van der Waals surface area contributed by atoms with E-state index < -0.39 is 0 Å². The molecule has 130 valence electrons. The summed E-state index contributed by atoms with van der Waals surface area (Å²) in [6.45, 7) is 10.9. The van der Waals surface area contributed by atoms with Crippen molar-refractivity contribution in [1.29, 1.82) is 0 Å². The maximum atomic E-state index is 12.3. The fraction of sp³-hybridized carbons (Fsp3) is 0.765. The molecule has 0 bridgehead atoms. The number of carbonyl (C=O) groups is 1. The van der Waals surface area contributed by atoms with Gasteiger partial charge in [-0.1, -0.05) is 6.92 Å². The van der Waals surface area contributed by atoms with Gasteiger partial charge in [-0.2, -0.15) is 5.10 Å². The van der Waals surface area contributed by atoms with Gasteiger partial charge < -0.3 is 15.0 Å². The zero-order valence-electron chi connectivity index (χ0n) is 15.1. The molecule has 2 heterocycles. The number of rotatable bonds is 5. The molecule has 23 heavy (non-hydrogen) atoms. The lowest BCUT2D eigenvalue weighted by Crippen LogP contribution is -2.54. The Kier molecular flexibility index (Phi) is 5.68. The van der Waals surface area contributed by atoms with E-state index >= 15 is 0 Å². The number of amides is 2. The van der Waals surface area contributed by atoms with Crippen molar-refractivity contribution in [3.05, 3.63) is 17.0 Å². The minimum absolute atomic E-state index is 0.0209. The van der Waals surface area contributed by atoms with Crippen molar-refractivity contribution in [1.82, 2.24) is 20.0 Å². The van der Waals surface area contributed by atoms with Crippen LogP contribution in [0.5, 0.6) is 0 Å². The number of hydrogen-bond acceptors (Lipinski definition) is 3. The molecule has 6 nitrogen and oxygen atoms in total. The summed E-state index contributed by atoms with van der Waals surface area (Å²) in [5, 5.41) is 7.46. The van der Waals surface area contributed by atoms with Gasteiger partial charge >= 0.3 is 6.03 Å². The minimum atomic E-state index is -0.209. The molecule has 0 radical (unpaired) electrons. The molecule has 2 amide bonds. The third-order valence-electron chi connectivity index (χ3n) is 4.91. The van der Waals surface area contributed by atoms with Gasteiger partial charge in [0.2, 0.25) is 0 Å². The summed E-state index contributed by atoms with van der Waals surface area (Å²) >= 11 is 0. The summed E-state index contributed by atoms with van der Waals surface area (Å²) in [6, 6.07) is 0.0209. The van der Waals surface area contributed by atoms with Crippen molar-refractivity contribution < 1.29 is 9.53 Å². The van der Waals surface area contributed by atoms with Crippen molar-refractivity contribution >= 4 is 6.03 Å². The average molecular weight is 322 g/mol. The van der Waals surface area contributed by atoms with Crippen LogP contribution >= 0.6 is 0 Å². The second kappa shape index (κ2) is 7.34. The first-order valence-electron chi connectivity index (χ1n) is 8.52. The highest BCUT2D eigenvalue weighted by Crippen LogP contribution is 2.21. The molecule has 1 fully saturated rings. The molecule has 6 heteroatoms. The van der Waals surface area contributed by atoms with Crippen LogP contribution in [0.4, 0.5) is 4.79 Å². The highest BCUT2D eigenvalue weighted by Gasteiger charge is 2.32. The lowest BCUT2D eigenvalue weighted by molar-refractivity contribution is -0.0872. The molecule has 1 atom stereocenters. The van der Waals surface area contributed by atoms with E-state index in [1.807, 2.05) is 23.6 Å². The topological polar surface area (TPSA) is 59.4 Å². The number of urea groups is 1. The smallest absolute Gasteiger partial charge is 0.317 e. The summed E-state index contributed by atoms with van der Waals surface area (Å²) in [5.74, 6) is 0. The maximum Gasteiger partial charge on any atom is 0.317 e. The van der Waals surface area contributed by atoms with E-state index in [0.29, 0.717) is 26.2 Å². The van der Waals surface area contributed by atoms with Gasteiger partial charge in [-0.05, 0) is 45.6 Å². The maximum absolute atomic E-state index is 12.3. The van der Waals surface area contributed by atoms with Crippen LogP contribution in [-0.4, -0.2) is 52.6 Å². The largest absolute Gasteiger partial charge is 0.372 e. The van der Waals surface area contributed by atoms with E-state index in [2.05, 4.69) is 31.2 Å². The highest BCUT2D eigenvalue weighted by atomic mass is 16.5. The van der Waals surface area contributed by atoms with Gasteiger partial charge in [-0.15, -0.1) is 0 Å². The van der Waals surface area contributed by atoms with Gasteiger partial charge in [0.15, 0.2) is 0 Å². The van der Waals surface area contributed by atoms with Gasteiger partial charge in [-0.25, -0.2) is 4.79 Å². The van der Waals surface area contributed by atoms with E-state index in [9.17, 15) is 4.79 Å². The van der Waals surface area contributed by atoms with E-state index in [4.69, 9.17) is 4.74 Å². The number of nitrogens with one attached hydrogen (secondary N) is 1. The molecule has 1 unspecified atom stereocenters. The predicted molar refractivity (Wildman–Crippen MR) is 90.6 cm³/mol. The molecule has 0 spiro atoms. The Morgan fingerprint density at radius 3 is 2.78 bits per heavy atom. The molecule has 1 aliphatic rings. The zero-order chi connectivity index (χ0) is 17.0. The van der Waals surface area contributed by atoms with Gasteiger partial charge in [0.05, 0.1) is 24.4 Å². The summed E-state index contributed by atoms with van der Waals surface area (Å²) in [6.07, 6.45) is 2.78. The van der Waals surface area contributed by atoms with Gasteiger partial charge in [0.25, 0.3) is 0 Å². The molecule has 2 rings (SSSR count). The minimum Gasteiger partial charge on any atom is -0.372 e. The first-order chi connectivity index (χ1) is 10.9. The average Bonchev–Trinajstić information content (AvgIpc) is 2.77. The van der Waals surface area contributed by atoms with Crippen molar-refractivity contribution in [3.8, 4) is 0 Å². The fourth-order valence-electron chi connectivity index (χ4n) is 3.07. The Balaban J connectivity index is 1.77. The van der Waals surface area contributed by atoms with Crippen LogP contribution in [0.1, 0.15) is 43.6 Å². The molecule has 1 aliphatic heterocycles. The standard InChI is InChI=1S/C17H30N4O2/c1-6-17(4)12-21(10-11-23-17)16(22)18-9-7-8-15-13(2)19-20(5)14(15)3/h6-12H2,1-5H3,(H,18,22). The van der Waals surface area contributed by atoms with Crippen molar-refractivity contribution in [2.24, 2.45) is 7.05 Å². The molecular weight excluding hydrogens is 292 g/mol. The molecule has 0 saturated carbocycles. The first-order valence-corrected chi connectivity index (χ1v) is 8.52.